The Bertz CT molecular complexity index is 257. The standard InChI is InChI=1S/C12H27NO8/c14-5-10(19)9(18)3-7(16)4-13-2-1-8(17)12(21)11(20)6-15/h7-21H,1-6H2/t7-,8-,9+,10-,11-,12+/m1/s1. The van der Waals surface area contributed by atoms with E-state index in [0.29, 0.717) is 0 Å². The molecular formula is C12H27NO8. The summed E-state index contributed by atoms with van der Waals surface area (Å²) in [5.41, 5.74) is 0. The molecule has 0 spiro atoms. The van der Waals surface area contributed by atoms with E-state index in [9.17, 15) is 20.4 Å². The molecule has 0 heterocycles. The van der Waals surface area contributed by atoms with Gasteiger partial charge in [0.2, 0.25) is 0 Å². The highest BCUT2D eigenvalue weighted by molar-refractivity contribution is 4.76. The molecule has 9 heteroatoms. The van der Waals surface area contributed by atoms with Gasteiger partial charge >= 0.3 is 0 Å². The van der Waals surface area contributed by atoms with Crippen LogP contribution in [0.25, 0.3) is 0 Å². The molecule has 0 unspecified atom stereocenters. The average molecular weight is 313 g/mol. The van der Waals surface area contributed by atoms with Gasteiger partial charge in [0.15, 0.2) is 0 Å². The Balaban J connectivity index is 3.79. The van der Waals surface area contributed by atoms with Crippen LogP contribution in [-0.4, -0.2) is 104 Å². The lowest BCUT2D eigenvalue weighted by Gasteiger charge is -2.22. The molecule has 0 aromatic heterocycles. The van der Waals surface area contributed by atoms with Crippen LogP contribution in [0, 0.1) is 0 Å². The molecule has 21 heavy (non-hydrogen) atoms. The Labute approximate surface area is 123 Å². The van der Waals surface area contributed by atoms with Gasteiger partial charge in [0.25, 0.3) is 0 Å². The molecule has 0 amide bonds. The molecule has 0 radical (unpaired) electrons. The molecule has 0 aliphatic rings. The molecule has 9 N–H and O–H groups in total. The summed E-state index contributed by atoms with van der Waals surface area (Å²) in [5, 5.41) is 76.1. The maximum absolute atomic E-state index is 9.56. The first kappa shape index (κ1) is 20.6. The zero-order valence-electron chi connectivity index (χ0n) is 11.8. The Kier molecular flexibility index (Phi) is 11.0. The van der Waals surface area contributed by atoms with Crippen molar-refractivity contribution in [2.45, 2.75) is 49.5 Å². The molecule has 0 aliphatic heterocycles. The number of nitrogens with one attached hydrogen (secondary N) is 1. The fraction of sp³-hybridized carbons (Fsp3) is 1.00. The number of aliphatic hydroxyl groups is 8. The van der Waals surface area contributed by atoms with Gasteiger partial charge in [0.1, 0.15) is 18.3 Å². The van der Waals surface area contributed by atoms with Crippen molar-refractivity contribution >= 4 is 0 Å². The van der Waals surface area contributed by atoms with E-state index in [1.54, 1.807) is 0 Å². The van der Waals surface area contributed by atoms with E-state index in [2.05, 4.69) is 5.32 Å². The molecule has 9 nitrogen and oxygen atoms in total. The second kappa shape index (κ2) is 11.2. The monoisotopic (exact) mass is 313 g/mol. The molecule has 0 aromatic rings. The first-order chi connectivity index (χ1) is 9.83. The summed E-state index contributed by atoms with van der Waals surface area (Å²) >= 11 is 0. The molecular weight excluding hydrogens is 286 g/mol. The molecule has 0 aromatic carbocycles. The predicted molar refractivity (Wildman–Crippen MR) is 72.3 cm³/mol. The lowest BCUT2D eigenvalue weighted by molar-refractivity contribution is -0.0780. The van der Waals surface area contributed by atoms with Gasteiger partial charge in [0.05, 0.1) is 31.5 Å². The van der Waals surface area contributed by atoms with Crippen molar-refractivity contribution in [3.05, 3.63) is 0 Å². The summed E-state index contributed by atoms with van der Waals surface area (Å²) in [6.45, 7) is -0.944. The fourth-order valence-corrected chi connectivity index (χ4v) is 1.69. The maximum Gasteiger partial charge on any atom is 0.108 e. The maximum atomic E-state index is 9.56. The van der Waals surface area contributed by atoms with Crippen molar-refractivity contribution in [1.82, 2.24) is 5.32 Å². The summed E-state index contributed by atoms with van der Waals surface area (Å²) < 4.78 is 0. The number of rotatable bonds is 12. The molecule has 0 saturated carbocycles. The second-order valence-corrected chi connectivity index (χ2v) is 5.01. The van der Waals surface area contributed by atoms with Gasteiger partial charge in [-0.25, -0.2) is 0 Å². The van der Waals surface area contributed by atoms with E-state index >= 15 is 0 Å². The van der Waals surface area contributed by atoms with Gasteiger partial charge in [-0.05, 0) is 13.0 Å². The predicted octanol–water partition coefficient (Wildman–Crippen LogP) is -4.49. The lowest BCUT2D eigenvalue weighted by Crippen LogP contribution is -2.41. The van der Waals surface area contributed by atoms with E-state index in [-0.39, 0.29) is 25.9 Å². The van der Waals surface area contributed by atoms with Gasteiger partial charge in [-0.2, -0.15) is 0 Å². The highest BCUT2D eigenvalue weighted by Crippen LogP contribution is 2.04. The van der Waals surface area contributed by atoms with E-state index in [1.165, 1.54) is 0 Å². The van der Waals surface area contributed by atoms with Gasteiger partial charge in [-0.3, -0.25) is 0 Å². The summed E-state index contributed by atoms with van der Waals surface area (Å²) in [6, 6.07) is 0. The van der Waals surface area contributed by atoms with Crippen LogP contribution in [0.5, 0.6) is 0 Å². The van der Waals surface area contributed by atoms with Gasteiger partial charge in [-0.15, -0.1) is 0 Å². The summed E-state index contributed by atoms with van der Waals surface area (Å²) in [4.78, 5) is 0. The summed E-state index contributed by atoms with van der Waals surface area (Å²) in [6.07, 6.45) is -7.63. The van der Waals surface area contributed by atoms with Crippen LogP contribution in [0.15, 0.2) is 0 Å². The largest absolute Gasteiger partial charge is 0.394 e. The normalized spacial score (nSPS) is 20.6. The van der Waals surface area contributed by atoms with Crippen LogP contribution in [0.2, 0.25) is 0 Å². The minimum atomic E-state index is -1.46. The number of aliphatic hydroxyl groups excluding tert-OH is 8. The highest BCUT2D eigenvalue weighted by atomic mass is 16.4. The minimum absolute atomic E-state index is 0.0839. The zero-order valence-corrected chi connectivity index (χ0v) is 11.8. The lowest BCUT2D eigenvalue weighted by atomic mass is 10.1. The van der Waals surface area contributed by atoms with Crippen molar-refractivity contribution in [2.24, 2.45) is 0 Å². The van der Waals surface area contributed by atoms with Crippen LogP contribution in [-0.2, 0) is 0 Å². The highest BCUT2D eigenvalue weighted by Gasteiger charge is 2.23. The average Bonchev–Trinajstić information content (AvgIpc) is 2.48. The molecule has 0 bridgehead atoms. The summed E-state index contributed by atoms with van der Waals surface area (Å²) in [5.74, 6) is 0. The molecule has 0 aliphatic carbocycles. The van der Waals surface area contributed by atoms with Crippen LogP contribution in [0.4, 0.5) is 0 Å². The fourth-order valence-electron chi connectivity index (χ4n) is 1.69. The van der Waals surface area contributed by atoms with E-state index in [1.807, 2.05) is 0 Å². The van der Waals surface area contributed by atoms with E-state index in [4.69, 9.17) is 20.4 Å². The first-order valence-corrected chi connectivity index (χ1v) is 6.84. The van der Waals surface area contributed by atoms with Crippen LogP contribution in [0.1, 0.15) is 12.8 Å². The van der Waals surface area contributed by atoms with Crippen LogP contribution in [0.3, 0.4) is 0 Å². The Morgan fingerprint density at radius 2 is 1.29 bits per heavy atom. The quantitative estimate of drug-likeness (QED) is 0.161. The van der Waals surface area contributed by atoms with Crippen molar-refractivity contribution < 1.29 is 40.9 Å². The molecule has 6 atom stereocenters. The van der Waals surface area contributed by atoms with Crippen molar-refractivity contribution in [2.75, 3.05) is 26.3 Å². The second-order valence-electron chi connectivity index (χ2n) is 5.01. The molecule has 0 rings (SSSR count). The third-order valence-electron chi connectivity index (χ3n) is 3.12. The smallest absolute Gasteiger partial charge is 0.108 e. The van der Waals surface area contributed by atoms with Crippen molar-refractivity contribution in [3.63, 3.8) is 0 Å². The van der Waals surface area contributed by atoms with Crippen molar-refractivity contribution in [1.29, 1.82) is 0 Å². The van der Waals surface area contributed by atoms with Crippen molar-refractivity contribution in [3.8, 4) is 0 Å². The first-order valence-electron chi connectivity index (χ1n) is 6.84. The molecule has 0 fully saturated rings. The van der Waals surface area contributed by atoms with Gasteiger partial charge < -0.3 is 46.2 Å². The number of hydrogen-bond acceptors (Lipinski definition) is 9. The topological polar surface area (TPSA) is 174 Å². The molecule has 128 valence electrons. The third kappa shape index (κ3) is 8.61. The van der Waals surface area contributed by atoms with Crippen LogP contribution < -0.4 is 5.32 Å². The third-order valence-corrected chi connectivity index (χ3v) is 3.12. The van der Waals surface area contributed by atoms with Gasteiger partial charge in [0, 0.05) is 13.0 Å². The Morgan fingerprint density at radius 1 is 0.714 bits per heavy atom. The summed E-state index contributed by atoms with van der Waals surface area (Å²) in [7, 11) is 0. The van der Waals surface area contributed by atoms with Gasteiger partial charge in [-0.1, -0.05) is 0 Å². The molecule has 0 saturated heterocycles. The SMILES string of the molecule is OC[C@@H](O)[C@@H](O)[C@H](O)CCNC[C@H](O)C[C@H](O)[C@H](O)CO. The number of hydrogen-bond donors (Lipinski definition) is 9. The van der Waals surface area contributed by atoms with E-state index < -0.39 is 49.8 Å². The Morgan fingerprint density at radius 3 is 1.81 bits per heavy atom. The van der Waals surface area contributed by atoms with E-state index in [0.717, 1.165) is 0 Å². The Hall–Kier alpha value is -0.360. The minimum Gasteiger partial charge on any atom is -0.394 e. The zero-order chi connectivity index (χ0) is 16.4. The van der Waals surface area contributed by atoms with Crippen LogP contribution >= 0.6 is 0 Å².